The van der Waals surface area contributed by atoms with Gasteiger partial charge in [-0.05, 0) is 34.7 Å². The van der Waals surface area contributed by atoms with Crippen LogP contribution in [0, 0.1) is 5.41 Å². The summed E-state index contributed by atoms with van der Waals surface area (Å²) in [5.41, 5.74) is 6.97. The molecule has 0 bridgehead atoms. The number of nitrogens with two attached hydrogens (primary N) is 1. The maximum atomic E-state index is 7.78. The second-order valence-electron chi connectivity index (χ2n) is 4.21. The number of rotatable bonds is 4. The fourth-order valence-corrected chi connectivity index (χ4v) is 1.83. The zero-order valence-corrected chi connectivity index (χ0v) is 11.3. The minimum Gasteiger partial charge on any atom is -0.291 e. The summed E-state index contributed by atoms with van der Waals surface area (Å²) < 4.78 is 0. The minimum atomic E-state index is 0.0555. The predicted octanol–water partition coefficient (Wildman–Crippen LogP) is -0.383. The molecule has 0 aliphatic rings. The summed E-state index contributed by atoms with van der Waals surface area (Å²) in [4.78, 5) is 8.84. The van der Waals surface area contributed by atoms with E-state index in [0.717, 1.165) is 0 Å². The first-order chi connectivity index (χ1) is 10.8. The van der Waals surface area contributed by atoms with Crippen LogP contribution in [0.2, 0.25) is 0 Å². The number of hydrogen-bond acceptors (Lipinski definition) is 8. The van der Waals surface area contributed by atoms with Gasteiger partial charge < -0.3 is 0 Å². The molecule has 0 fully saturated rings. The van der Waals surface area contributed by atoms with Crippen LogP contribution in [0.15, 0.2) is 36.4 Å². The Labute approximate surface area is 124 Å². The quantitative estimate of drug-likeness (QED) is 0.189. The molecule has 6 N–H and O–H groups in total. The Morgan fingerprint density at radius 2 is 1.77 bits per heavy atom. The highest BCUT2D eigenvalue weighted by molar-refractivity contribution is 5.94. The molecule has 0 amide bonds. The molecule has 0 spiro atoms. The van der Waals surface area contributed by atoms with E-state index in [1.165, 1.54) is 0 Å². The number of amidine groups is 1. The van der Waals surface area contributed by atoms with Crippen LogP contribution in [-0.2, 0) is 0 Å². The van der Waals surface area contributed by atoms with Crippen LogP contribution in [0.5, 0.6) is 0 Å². The molecule has 110 valence electrons. The molecule has 0 aliphatic heterocycles. The normalized spacial score (nSPS) is 10.4. The molecule has 22 heavy (non-hydrogen) atoms. The number of aromatic nitrogens is 6. The molecule has 0 radical (unpaired) electrons. The lowest BCUT2D eigenvalue weighted by Crippen LogP contribution is -2.42. The van der Waals surface area contributed by atoms with E-state index in [2.05, 4.69) is 41.6 Å². The number of H-pyrrole nitrogens is 1. The average Bonchev–Trinajstić information content (AvgIpc) is 3.10. The summed E-state index contributed by atoms with van der Waals surface area (Å²) in [6, 6.07) is 10.7. The van der Waals surface area contributed by atoms with Gasteiger partial charge in [-0.3, -0.25) is 16.7 Å². The van der Waals surface area contributed by atoms with E-state index >= 15 is 0 Å². The fraction of sp³-hybridized carbons (Fsp3) is 0. The van der Waals surface area contributed by atoms with Crippen LogP contribution < -0.4 is 16.8 Å². The molecule has 0 aliphatic carbocycles. The first-order valence-electron chi connectivity index (χ1n) is 6.27. The number of tetrazole rings is 1. The average molecular weight is 296 g/mol. The molecule has 3 rings (SSSR count). The molecule has 0 saturated carbocycles. The number of hydrogen-bond donors (Lipinski definition) is 5. The summed E-state index contributed by atoms with van der Waals surface area (Å²) in [7, 11) is 0. The number of nitrogens with one attached hydrogen (secondary N) is 4. The van der Waals surface area contributed by atoms with E-state index in [0.29, 0.717) is 28.6 Å². The van der Waals surface area contributed by atoms with Crippen LogP contribution in [0.25, 0.3) is 22.9 Å². The Hall–Kier alpha value is -3.24. The summed E-state index contributed by atoms with van der Waals surface area (Å²) in [6.45, 7) is 0. The molecular weight excluding hydrogens is 284 g/mol. The van der Waals surface area contributed by atoms with E-state index in [9.17, 15) is 0 Å². The van der Waals surface area contributed by atoms with Crippen molar-refractivity contribution in [2.45, 2.75) is 0 Å². The van der Waals surface area contributed by atoms with Crippen LogP contribution in [0.3, 0.4) is 0 Å². The summed E-state index contributed by atoms with van der Waals surface area (Å²) in [6.07, 6.45) is 0. The standard InChI is InChI=1S/C12H12N10/c13-11(17-20-14)9-5-1-3-7(15-9)8-4-2-6-10(16-8)12-18-21-22-19-12/h1-6,20H,14H2,(H2,13,17)(H,18,19,21,22). The van der Waals surface area contributed by atoms with Gasteiger partial charge in [0.2, 0.25) is 0 Å². The van der Waals surface area contributed by atoms with Gasteiger partial charge in [0.1, 0.15) is 11.4 Å². The third-order valence-electron chi connectivity index (χ3n) is 2.80. The lowest BCUT2D eigenvalue weighted by atomic mass is 10.2. The SMILES string of the molecule is N=C(NNN)c1cccc(-c2cccc(-c3nnn[nH]3)n2)n1. The van der Waals surface area contributed by atoms with Gasteiger partial charge in [0.15, 0.2) is 11.7 Å². The smallest absolute Gasteiger partial charge is 0.198 e. The van der Waals surface area contributed by atoms with E-state index in [1.807, 2.05) is 12.1 Å². The topological polar surface area (TPSA) is 154 Å². The van der Waals surface area contributed by atoms with Gasteiger partial charge in [-0.2, -0.15) is 5.53 Å². The van der Waals surface area contributed by atoms with E-state index in [4.69, 9.17) is 11.3 Å². The zero-order valence-electron chi connectivity index (χ0n) is 11.3. The maximum Gasteiger partial charge on any atom is 0.198 e. The first-order valence-corrected chi connectivity index (χ1v) is 6.27. The molecule has 10 heteroatoms. The minimum absolute atomic E-state index is 0.0555. The van der Waals surface area contributed by atoms with Gasteiger partial charge in [-0.1, -0.05) is 12.1 Å². The monoisotopic (exact) mass is 296 g/mol. The van der Waals surface area contributed by atoms with Gasteiger partial charge in [-0.15, -0.1) is 5.10 Å². The Morgan fingerprint density at radius 3 is 2.50 bits per heavy atom. The van der Waals surface area contributed by atoms with Crippen molar-refractivity contribution in [1.29, 1.82) is 5.41 Å². The summed E-state index contributed by atoms with van der Waals surface area (Å²) >= 11 is 0. The van der Waals surface area contributed by atoms with E-state index in [-0.39, 0.29) is 5.84 Å². The third-order valence-corrected chi connectivity index (χ3v) is 2.80. The lowest BCUT2D eigenvalue weighted by Gasteiger charge is -2.07. The Morgan fingerprint density at radius 1 is 1.05 bits per heavy atom. The lowest BCUT2D eigenvalue weighted by molar-refractivity contribution is 0.692. The molecular formula is C12H12N10. The first kappa shape index (κ1) is 13.7. The highest BCUT2D eigenvalue weighted by Gasteiger charge is 2.09. The Bertz CT molecular complexity index is 782. The van der Waals surface area contributed by atoms with Crippen molar-refractivity contribution < 1.29 is 0 Å². The second-order valence-corrected chi connectivity index (χ2v) is 4.21. The van der Waals surface area contributed by atoms with Gasteiger partial charge in [0.05, 0.1) is 11.4 Å². The molecule has 3 aromatic rings. The number of nitrogens with zero attached hydrogens (tertiary/aromatic N) is 5. The van der Waals surface area contributed by atoms with Crippen molar-refractivity contribution in [2.75, 3.05) is 0 Å². The molecule has 3 heterocycles. The van der Waals surface area contributed by atoms with E-state index in [1.54, 1.807) is 24.3 Å². The van der Waals surface area contributed by atoms with Crippen LogP contribution in [0.4, 0.5) is 0 Å². The van der Waals surface area contributed by atoms with Gasteiger partial charge in [-0.25, -0.2) is 15.1 Å². The van der Waals surface area contributed by atoms with Crippen LogP contribution in [-0.4, -0.2) is 36.4 Å². The Kier molecular flexibility index (Phi) is 3.76. The molecule has 0 atom stereocenters. The van der Waals surface area contributed by atoms with Crippen molar-refractivity contribution in [3.8, 4) is 22.9 Å². The fourth-order valence-electron chi connectivity index (χ4n) is 1.83. The highest BCUT2D eigenvalue weighted by Crippen LogP contribution is 2.18. The Balaban J connectivity index is 1.96. The van der Waals surface area contributed by atoms with Crippen LogP contribution in [0.1, 0.15) is 5.69 Å². The predicted molar refractivity (Wildman–Crippen MR) is 77.9 cm³/mol. The molecule has 0 saturated heterocycles. The van der Waals surface area contributed by atoms with Crippen molar-refractivity contribution >= 4 is 5.84 Å². The van der Waals surface area contributed by atoms with Crippen molar-refractivity contribution in [3.05, 3.63) is 42.1 Å². The van der Waals surface area contributed by atoms with Gasteiger partial charge in [0.25, 0.3) is 0 Å². The number of aromatic amines is 1. The third kappa shape index (κ3) is 2.77. The van der Waals surface area contributed by atoms with Crippen molar-refractivity contribution in [3.63, 3.8) is 0 Å². The van der Waals surface area contributed by atoms with Crippen molar-refractivity contribution in [1.82, 2.24) is 41.6 Å². The second kappa shape index (κ2) is 6.03. The molecule has 0 aromatic carbocycles. The van der Waals surface area contributed by atoms with E-state index < -0.39 is 0 Å². The van der Waals surface area contributed by atoms with Gasteiger partial charge in [0, 0.05) is 0 Å². The zero-order chi connectivity index (χ0) is 15.4. The van der Waals surface area contributed by atoms with Crippen LogP contribution >= 0.6 is 0 Å². The summed E-state index contributed by atoms with van der Waals surface area (Å²) in [5.74, 6) is 5.65. The van der Waals surface area contributed by atoms with Gasteiger partial charge >= 0.3 is 0 Å². The number of pyridine rings is 2. The molecule has 0 unspecified atom stereocenters. The van der Waals surface area contributed by atoms with Crippen molar-refractivity contribution in [2.24, 2.45) is 5.84 Å². The molecule has 10 nitrogen and oxygen atoms in total. The largest absolute Gasteiger partial charge is 0.291 e. The number of hydrazine groups is 2. The summed E-state index contributed by atoms with van der Waals surface area (Å²) in [5, 5.41) is 21.3. The highest BCUT2D eigenvalue weighted by atomic mass is 15.5. The molecule has 3 aromatic heterocycles. The maximum absolute atomic E-state index is 7.78.